The zero-order valence-corrected chi connectivity index (χ0v) is 42.8. The van der Waals surface area contributed by atoms with Gasteiger partial charge < -0.3 is 14.2 Å². The molecule has 64 heavy (non-hydrogen) atoms. The Morgan fingerprint density at radius 3 is 0.906 bits per heavy atom. The molecule has 0 saturated carbocycles. The first-order valence-corrected chi connectivity index (χ1v) is 28.0. The molecule has 0 aliphatic rings. The normalized spacial score (nSPS) is 12.2. The molecule has 0 aromatic rings. The third-order valence-corrected chi connectivity index (χ3v) is 12.4. The van der Waals surface area contributed by atoms with E-state index in [0.717, 1.165) is 57.8 Å². The first-order chi connectivity index (χ1) is 31.5. The summed E-state index contributed by atoms with van der Waals surface area (Å²) >= 11 is 0. The summed E-state index contributed by atoms with van der Waals surface area (Å²) in [5.41, 5.74) is 0. The zero-order chi connectivity index (χ0) is 46.5. The molecule has 6 nitrogen and oxygen atoms in total. The SMILES string of the molecule is CCCCC/C=C\C=C/CCCCCCCCCCCCC(=O)OCC(COC(=O)CCCCCCCCCCCC)OC(=O)CCCCCCCCC/C=C\CCCCCCCC. The summed E-state index contributed by atoms with van der Waals surface area (Å²) in [6.45, 7) is 6.62. The first kappa shape index (κ1) is 61.6. The fraction of sp³-hybridized carbons (Fsp3) is 0.845. The summed E-state index contributed by atoms with van der Waals surface area (Å²) in [6, 6.07) is 0. The molecule has 0 rings (SSSR count). The van der Waals surface area contributed by atoms with Crippen molar-refractivity contribution in [3.8, 4) is 0 Å². The van der Waals surface area contributed by atoms with Crippen LogP contribution >= 0.6 is 0 Å². The Kier molecular flexibility index (Phi) is 51.3. The van der Waals surface area contributed by atoms with Crippen LogP contribution in [0.1, 0.15) is 297 Å². The van der Waals surface area contributed by atoms with Crippen LogP contribution in [0.4, 0.5) is 0 Å². The van der Waals surface area contributed by atoms with Crippen LogP contribution in [0.25, 0.3) is 0 Å². The third kappa shape index (κ3) is 50.6. The van der Waals surface area contributed by atoms with Gasteiger partial charge in [-0.25, -0.2) is 0 Å². The number of carbonyl (C=O) groups is 3. The largest absolute Gasteiger partial charge is 0.462 e. The van der Waals surface area contributed by atoms with Crippen molar-refractivity contribution in [1.29, 1.82) is 0 Å². The lowest BCUT2D eigenvalue weighted by Crippen LogP contribution is -2.30. The number of esters is 3. The fourth-order valence-corrected chi connectivity index (χ4v) is 8.14. The minimum absolute atomic E-state index is 0.0717. The van der Waals surface area contributed by atoms with Crippen LogP contribution in [0.5, 0.6) is 0 Å². The summed E-state index contributed by atoms with van der Waals surface area (Å²) in [5.74, 6) is -0.867. The lowest BCUT2D eigenvalue weighted by molar-refractivity contribution is -0.167. The second kappa shape index (κ2) is 53.2. The Morgan fingerprint density at radius 2 is 0.562 bits per heavy atom. The van der Waals surface area contributed by atoms with Gasteiger partial charge >= 0.3 is 17.9 Å². The molecule has 1 unspecified atom stereocenters. The summed E-state index contributed by atoms with van der Waals surface area (Å²) in [5, 5.41) is 0. The molecule has 0 amide bonds. The van der Waals surface area contributed by atoms with Crippen LogP contribution < -0.4 is 0 Å². The Bertz CT molecular complexity index is 1080. The molecular formula is C58H106O6. The molecule has 0 N–H and O–H groups in total. The van der Waals surface area contributed by atoms with Gasteiger partial charge in [-0.1, -0.05) is 243 Å². The number of allylic oxidation sites excluding steroid dienone is 6. The summed E-state index contributed by atoms with van der Waals surface area (Å²) in [4.78, 5) is 38.0. The highest BCUT2D eigenvalue weighted by molar-refractivity contribution is 5.71. The highest BCUT2D eigenvalue weighted by atomic mass is 16.6. The number of carbonyl (C=O) groups excluding carboxylic acids is 3. The maximum absolute atomic E-state index is 12.8. The third-order valence-electron chi connectivity index (χ3n) is 12.4. The van der Waals surface area contributed by atoms with Crippen molar-refractivity contribution in [2.24, 2.45) is 0 Å². The van der Waals surface area contributed by atoms with Gasteiger partial charge in [-0.2, -0.15) is 0 Å². The van der Waals surface area contributed by atoms with E-state index in [4.69, 9.17) is 14.2 Å². The molecule has 374 valence electrons. The molecule has 0 saturated heterocycles. The van der Waals surface area contributed by atoms with Crippen molar-refractivity contribution in [2.75, 3.05) is 13.2 Å². The van der Waals surface area contributed by atoms with Gasteiger partial charge in [0.15, 0.2) is 6.10 Å². The van der Waals surface area contributed by atoms with Gasteiger partial charge in [-0.15, -0.1) is 0 Å². The molecule has 0 radical (unpaired) electrons. The predicted octanol–water partition coefficient (Wildman–Crippen LogP) is 18.5. The summed E-state index contributed by atoms with van der Waals surface area (Å²) in [6.07, 6.45) is 62.7. The zero-order valence-electron chi connectivity index (χ0n) is 42.8. The van der Waals surface area contributed by atoms with Crippen molar-refractivity contribution in [3.63, 3.8) is 0 Å². The van der Waals surface area contributed by atoms with E-state index in [1.54, 1.807) is 0 Å². The molecule has 1 atom stereocenters. The van der Waals surface area contributed by atoms with Crippen molar-refractivity contribution in [3.05, 3.63) is 36.5 Å². The summed E-state index contributed by atoms with van der Waals surface area (Å²) < 4.78 is 16.8. The fourth-order valence-electron chi connectivity index (χ4n) is 8.14. The van der Waals surface area contributed by atoms with E-state index in [1.807, 2.05) is 0 Å². The van der Waals surface area contributed by atoms with Gasteiger partial charge in [0.1, 0.15) is 13.2 Å². The lowest BCUT2D eigenvalue weighted by Gasteiger charge is -2.18. The topological polar surface area (TPSA) is 78.9 Å². The minimum atomic E-state index is -0.772. The molecule has 0 aromatic heterocycles. The first-order valence-electron chi connectivity index (χ1n) is 28.0. The van der Waals surface area contributed by atoms with E-state index in [1.165, 1.54) is 199 Å². The second-order valence-electron chi connectivity index (χ2n) is 18.9. The molecule has 0 heterocycles. The van der Waals surface area contributed by atoms with Crippen LogP contribution in [0, 0.1) is 0 Å². The maximum Gasteiger partial charge on any atom is 0.306 e. The van der Waals surface area contributed by atoms with Crippen LogP contribution in [-0.2, 0) is 28.6 Å². The van der Waals surface area contributed by atoms with E-state index < -0.39 is 6.10 Å². The summed E-state index contributed by atoms with van der Waals surface area (Å²) in [7, 11) is 0. The van der Waals surface area contributed by atoms with Gasteiger partial charge in [0.2, 0.25) is 0 Å². The van der Waals surface area contributed by atoms with E-state index >= 15 is 0 Å². The number of ether oxygens (including phenoxy) is 3. The van der Waals surface area contributed by atoms with E-state index in [2.05, 4.69) is 57.2 Å². The van der Waals surface area contributed by atoms with Gasteiger partial charge in [-0.05, 0) is 70.6 Å². The highest BCUT2D eigenvalue weighted by Gasteiger charge is 2.19. The van der Waals surface area contributed by atoms with Crippen molar-refractivity contribution in [2.45, 2.75) is 303 Å². The second-order valence-corrected chi connectivity index (χ2v) is 18.9. The average molecular weight is 899 g/mol. The lowest BCUT2D eigenvalue weighted by atomic mass is 10.1. The molecule has 0 fully saturated rings. The Balaban J connectivity index is 4.29. The minimum Gasteiger partial charge on any atom is -0.462 e. The number of hydrogen-bond donors (Lipinski definition) is 0. The molecule has 0 aliphatic heterocycles. The Morgan fingerprint density at radius 1 is 0.312 bits per heavy atom. The Labute approximate surface area is 397 Å². The quantitative estimate of drug-likeness (QED) is 0.0199. The monoisotopic (exact) mass is 899 g/mol. The van der Waals surface area contributed by atoms with Crippen LogP contribution in [0.3, 0.4) is 0 Å². The van der Waals surface area contributed by atoms with E-state index in [9.17, 15) is 14.4 Å². The standard InChI is InChI=1S/C58H106O6/c1-4-7-10-13-16-19-22-24-26-28-29-31-32-34-36-39-42-45-48-51-57(60)63-54-55(53-62-56(59)50-47-44-41-38-21-18-15-12-9-6-3)64-58(61)52-49-46-43-40-37-35-33-30-27-25-23-20-17-14-11-8-5-2/h16,19,22,24-25,27,55H,4-15,17-18,20-21,23,26,28-54H2,1-3H3/b19-16-,24-22-,27-25-. The van der Waals surface area contributed by atoms with Gasteiger partial charge in [0.25, 0.3) is 0 Å². The van der Waals surface area contributed by atoms with Gasteiger partial charge in [0, 0.05) is 19.3 Å². The maximum atomic E-state index is 12.8. The van der Waals surface area contributed by atoms with Gasteiger partial charge in [0.05, 0.1) is 0 Å². The van der Waals surface area contributed by atoms with E-state index in [0.29, 0.717) is 19.3 Å². The molecule has 6 heteroatoms. The van der Waals surface area contributed by atoms with Crippen molar-refractivity contribution in [1.82, 2.24) is 0 Å². The molecule has 0 spiro atoms. The van der Waals surface area contributed by atoms with Crippen LogP contribution in [0.2, 0.25) is 0 Å². The number of rotatable bonds is 51. The molecule has 0 aromatic carbocycles. The van der Waals surface area contributed by atoms with Gasteiger partial charge in [-0.3, -0.25) is 14.4 Å². The van der Waals surface area contributed by atoms with Crippen LogP contribution in [0.15, 0.2) is 36.5 Å². The molecule has 0 bridgehead atoms. The number of unbranched alkanes of at least 4 members (excludes halogenated alkanes) is 35. The van der Waals surface area contributed by atoms with E-state index in [-0.39, 0.29) is 31.1 Å². The smallest absolute Gasteiger partial charge is 0.306 e. The molecular weight excluding hydrogens is 793 g/mol. The Hall–Kier alpha value is -2.37. The average Bonchev–Trinajstić information content (AvgIpc) is 3.29. The van der Waals surface area contributed by atoms with Crippen LogP contribution in [-0.4, -0.2) is 37.2 Å². The molecule has 0 aliphatic carbocycles. The number of hydrogen-bond acceptors (Lipinski definition) is 6. The van der Waals surface area contributed by atoms with Crippen molar-refractivity contribution >= 4 is 17.9 Å². The highest BCUT2D eigenvalue weighted by Crippen LogP contribution is 2.16. The van der Waals surface area contributed by atoms with Crippen molar-refractivity contribution < 1.29 is 28.6 Å². The predicted molar refractivity (Wildman–Crippen MR) is 275 cm³/mol.